The van der Waals surface area contributed by atoms with E-state index in [1.165, 1.54) is 7.11 Å². The van der Waals surface area contributed by atoms with Crippen LogP contribution < -0.4 is 0 Å². The van der Waals surface area contributed by atoms with Crippen LogP contribution in [0.4, 0.5) is 13.2 Å². The van der Waals surface area contributed by atoms with Crippen molar-refractivity contribution in [2.45, 2.75) is 36.6 Å². The smallest absolute Gasteiger partial charge is 0.411 e. The van der Waals surface area contributed by atoms with E-state index in [0.717, 1.165) is 24.5 Å². The third-order valence-corrected chi connectivity index (χ3v) is 5.73. The zero-order valence-electron chi connectivity index (χ0n) is 15.9. The minimum absolute atomic E-state index is 0.0661. The topological polar surface area (TPSA) is 96.0 Å². The van der Waals surface area contributed by atoms with Gasteiger partial charge in [0.05, 0.1) is 22.1 Å². The number of hydrogen-bond donors (Lipinski definition) is 0. The fourth-order valence-corrected chi connectivity index (χ4v) is 4.02. The summed E-state index contributed by atoms with van der Waals surface area (Å²) in [7, 11) is -2.50. The molecule has 0 amide bonds. The van der Waals surface area contributed by atoms with E-state index in [-0.39, 0.29) is 34.0 Å². The summed E-state index contributed by atoms with van der Waals surface area (Å²) in [6.45, 7) is -2.42. The molecule has 0 N–H and O–H groups in total. The summed E-state index contributed by atoms with van der Waals surface area (Å²) in [4.78, 5) is 23.9. The van der Waals surface area contributed by atoms with Crippen LogP contribution in [0.15, 0.2) is 28.9 Å². The Bertz CT molecular complexity index is 971. The summed E-state index contributed by atoms with van der Waals surface area (Å²) in [5.41, 5.74) is -0.581. The second-order valence-electron chi connectivity index (χ2n) is 6.45. The van der Waals surface area contributed by atoms with Gasteiger partial charge in [-0.3, -0.25) is 4.79 Å². The van der Waals surface area contributed by atoms with Gasteiger partial charge < -0.3 is 14.2 Å². The van der Waals surface area contributed by atoms with E-state index in [1.54, 1.807) is 0 Å². The van der Waals surface area contributed by atoms with Gasteiger partial charge in [0.15, 0.2) is 15.6 Å². The number of methoxy groups -OCH3 is 1. The van der Waals surface area contributed by atoms with E-state index in [0.29, 0.717) is 6.42 Å². The minimum Gasteiger partial charge on any atom is -0.427 e. The van der Waals surface area contributed by atoms with Crippen LogP contribution in [0, 0.1) is 0 Å². The predicted octanol–water partition coefficient (Wildman–Crippen LogP) is 3.24. The molecule has 0 radical (unpaired) electrons. The second kappa shape index (κ2) is 9.46. The first kappa shape index (κ1) is 24.3. The summed E-state index contributed by atoms with van der Waals surface area (Å²) >= 11 is 6.12. The number of ether oxygens (including phenoxy) is 3. The van der Waals surface area contributed by atoms with Gasteiger partial charge in [-0.2, -0.15) is 13.2 Å². The van der Waals surface area contributed by atoms with Crippen molar-refractivity contribution in [3.8, 4) is 0 Å². The van der Waals surface area contributed by atoms with Crippen molar-refractivity contribution >= 4 is 33.2 Å². The van der Waals surface area contributed by atoms with Gasteiger partial charge >= 0.3 is 12.1 Å². The number of benzene rings is 1. The lowest BCUT2D eigenvalue weighted by molar-refractivity contribution is -0.176. The van der Waals surface area contributed by atoms with Crippen molar-refractivity contribution in [2.75, 3.05) is 20.0 Å². The quantitative estimate of drug-likeness (QED) is 0.564. The molecule has 0 bridgehead atoms. The molecule has 1 aromatic carbocycles. The number of esters is 1. The number of carbonyl (C=O) groups is 2. The lowest BCUT2D eigenvalue weighted by atomic mass is 10.0. The average molecular weight is 471 g/mol. The van der Waals surface area contributed by atoms with Gasteiger partial charge in [0, 0.05) is 31.4 Å². The molecule has 7 nitrogen and oxygen atoms in total. The van der Waals surface area contributed by atoms with Gasteiger partial charge in [0.2, 0.25) is 0 Å². The van der Waals surface area contributed by atoms with E-state index in [9.17, 15) is 31.2 Å². The Labute approximate surface area is 175 Å². The van der Waals surface area contributed by atoms with Crippen molar-refractivity contribution in [2.24, 2.45) is 0 Å². The predicted molar refractivity (Wildman–Crippen MR) is 98.8 cm³/mol. The number of hydrogen-bond acceptors (Lipinski definition) is 7. The number of alkyl halides is 3. The van der Waals surface area contributed by atoms with Crippen molar-refractivity contribution < 1.29 is 45.4 Å². The molecule has 0 aromatic heterocycles. The van der Waals surface area contributed by atoms with Crippen LogP contribution in [0.5, 0.6) is 0 Å². The van der Waals surface area contributed by atoms with E-state index in [1.807, 2.05) is 0 Å². The third-order valence-electron chi connectivity index (χ3n) is 4.11. The van der Waals surface area contributed by atoms with Gasteiger partial charge in [-0.15, -0.1) is 0 Å². The Hall–Kier alpha value is -1.95. The second-order valence-corrected chi connectivity index (χ2v) is 8.81. The normalized spacial score (nSPS) is 17.6. The van der Waals surface area contributed by atoms with Crippen LogP contribution in [0.2, 0.25) is 5.02 Å². The van der Waals surface area contributed by atoms with Crippen LogP contribution in [-0.2, 0) is 35.4 Å². The largest absolute Gasteiger partial charge is 0.427 e. The van der Waals surface area contributed by atoms with Crippen molar-refractivity contribution in [1.29, 1.82) is 0 Å². The number of carbonyl (C=O) groups excluding carboxylic acids is 2. The minimum atomic E-state index is -4.63. The van der Waals surface area contributed by atoms with Crippen molar-refractivity contribution in [3.63, 3.8) is 0 Å². The highest BCUT2D eigenvalue weighted by Gasteiger charge is 2.30. The lowest BCUT2D eigenvalue weighted by Gasteiger charge is -2.19. The molecule has 1 unspecified atom stereocenters. The standard InChI is InChI=1S/C18H18ClF3O7S/c1-27-14-5-3-10(7-13(14)23)29-17(24)11-4-6-15(30(2,25)26)12(16(11)19)8-28-9-18(20,21)22/h4,6-7,14H,3,5,8-9H2,1-2H3. The molecule has 0 fully saturated rings. The molecule has 0 heterocycles. The van der Waals surface area contributed by atoms with Crippen LogP contribution in [0.3, 0.4) is 0 Å². The highest BCUT2D eigenvalue weighted by atomic mass is 35.5. The maximum atomic E-state index is 12.5. The van der Waals surface area contributed by atoms with Gasteiger partial charge in [-0.25, -0.2) is 13.2 Å². The average Bonchev–Trinajstić information content (AvgIpc) is 2.61. The Kier molecular flexibility index (Phi) is 7.67. The fourth-order valence-electron chi connectivity index (χ4n) is 2.74. The first-order valence-electron chi connectivity index (χ1n) is 8.49. The van der Waals surface area contributed by atoms with Gasteiger partial charge in [0.25, 0.3) is 0 Å². The van der Waals surface area contributed by atoms with Gasteiger partial charge in [-0.1, -0.05) is 11.6 Å². The molecule has 1 aliphatic carbocycles. The fraction of sp³-hybridized carbons (Fsp3) is 0.444. The highest BCUT2D eigenvalue weighted by Crippen LogP contribution is 2.31. The van der Waals surface area contributed by atoms with E-state index >= 15 is 0 Å². The zero-order valence-corrected chi connectivity index (χ0v) is 17.5. The van der Waals surface area contributed by atoms with Gasteiger partial charge in [-0.05, 0) is 18.6 Å². The highest BCUT2D eigenvalue weighted by molar-refractivity contribution is 7.90. The van der Waals surface area contributed by atoms with Gasteiger partial charge in [0.1, 0.15) is 18.5 Å². The number of allylic oxidation sites excluding steroid dienone is 1. The molecule has 0 saturated heterocycles. The molecule has 30 heavy (non-hydrogen) atoms. The Balaban J connectivity index is 2.31. The Morgan fingerprint density at radius 2 is 1.97 bits per heavy atom. The molecule has 166 valence electrons. The first-order chi connectivity index (χ1) is 13.8. The molecule has 1 atom stereocenters. The maximum absolute atomic E-state index is 12.5. The molecule has 2 rings (SSSR count). The molecule has 12 heteroatoms. The monoisotopic (exact) mass is 470 g/mol. The molecule has 1 aromatic rings. The van der Waals surface area contributed by atoms with Crippen LogP contribution in [-0.4, -0.2) is 52.4 Å². The summed E-state index contributed by atoms with van der Waals surface area (Å²) in [5.74, 6) is -1.31. The van der Waals surface area contributed by atoms with Crippen LogP contribution in [0.25, 0.3) is 0 Å². The molecule has 0 spiro atoms. The third kappa shape index (κ3) is 6.27. The van der Waals surface area contributed by atoms with Crippen molar-refractivity contribution in [1.82, 2.24) is 0 Å². The molecule has 1 aliphatic rings. The Morgan fingerprint density at radius 3 is 2.50 bits per heavy atom. The first-order valence-corrected chi connectivity index (χ1v) is 10.8. The summed E-state index contributed by atoms with van der Waals surface area (Å²) in [5, 5.41) is -0.414. The maximum Gasteiger partial charge on any atom is 0.411 e. The van der Waals surface area contributed by atoms with Crippen LogP contribution in [0.1, 0.15) is 28.8 Å². The number of sulfone groups is 1. The lowest BCUT2D eigenvalue weighted by Crippen LogP contribution is -2.26. The number of rotatable bonds is 7. The molecule has 0 aliphatic heterocycles. The number of halogens is 4. The Morgan fingerprint density at radius 1 is 1.30 bits per heavy atom. The molecular weight excluding hydrogens is 453 g/mol. The number of ketones is 1. The summed E-state index contributed by atoms with van der Waals surface area (Å²) in [6, 6.07) is 2.11. The molecule has 0 saturated carbocycles. The summed E-state index contributed by atoms with van der Waals surface area (Å²) < 4.78 is 75.6. The van der Waals surface area contributed by atoms with E-state index in [2.05, 4.69) is 4.74 Å². The summed E-state index contributed by atoms with van der Waals surface area (Å²) in [6.07, 6.45) is -2.78. The van der Waals surface area contributed by atoms with Crippen molar-refractivity contribution in [3.05, 3.63) is 40.1 Å². The zero-order chi connectivity index (χ0) is 22.7. The molecular formula is C18H18ClF3O7S. The van der Waals surface area contributed by atoms with E-state index < -0.39 is 46.3 Å². The van der Waals surface area contributed by atoms with E-state index in [4.69, 9.17) is 21.1 Å². The SMILES string of the molecule is COC1CCC(OC(=O)c2ccc(S(C)(=O)=O)c(COCC(F)(F)F)c2Cl)=CC1=O. The van der Waals surface area contributed by atoms with Crippen LogP contribution >= 0.6 is 11.6 Å².